The number of hydrogen-bond donors (Lipinski definition) is 1. The fraction of sp³-hybridized carbons (Fsp3) is 0.429. The van der Waals surface area contributed by atoms with Crippen molar-refractivity contribution in [3.63, 3.8) is 0 Å². The predicted molar refractivity (Wildman–Crippen MR) is 113 cm³/mol. The van der Waals surface area contributed by atoms with Gasteiger partial charge >= 0.3 is 0 Å². The number of aromatic nitrogens is 2. The van der Waals surface area contributed by atoms with Gasteiger partial charge in [-0.1, -0.05) is 18.2 Å². The lowest BCUT2D eigenvalue weighted by atomic mass is 10.1. The number of carbonyl (C=O) groups is 2. The van der Waals surface area contributed by atoms with Crippen LogP contribution >= 0.6 is 0 Å². The molecule has 160 valence electrons. The first-order valence-electron chi connectivity index (χ1n) is 9.97. The van der Waals surface area contributed by atoms with Crippen LogP contribution in [0.1, 0.15) is 18.9 Å². The summed E-state index contributed by atoms with van der Waals surface area (Å²) in [6, 6.07) is 9.83. The van der Waals surface area contributed by atoms with Gasteiger partial charge in [-0.2, -0.15) is 0 Å². The van der Waals surface area contributed by atoms with Gasteiger partial charge in [0.2, 0.25) is 11.8 Å². The monoisotopic (exact) mass is 413 g/mol. The number of nitrogens with one attached hydrogen (secondary N) is 1. The maximum atomic E-state index is 13.1. The number of anilines is 1. The molecule has 1 aliphatic heterocycles. The fourth-order valence-corrected chi connectivity index (χ4v) is 3.57. The lowest BCUT2D eigenvalue weighted by molar-refractivity contribution is -0.133. The Kier molecular flexibility index (Phi) is 6.83. The molecule has 1 aromatic carbocycles. The molecule has 30 heavy (non-hydrogen) atoms. The molecule has 2 heterocycles. The Morgan fingerprint density at radius 2 is 1.77 bits per heavy atom. The van der Waals surface area contributed by atoms with Crippen molar-refractivity contribution in [2.24, 2.45) is 0 Å². The summed E-state index contributed by atoms with van der Waals surface area (Å²) in [7, 11) is 1.98. The van der Waals surface area contributed by atoms with Gasteiger partial charge in [-0.25, -0.2) is 4.68 Å². The van der Waals surface area contributed by atoms with E-state index in [1.807, 2.05) is 31.3 Å². The van der Waals surface area contributed by atoms with Gasteiger partial charge in [-0.05, 0) is 31.6 Å². The highest BCUT2D eigenvalue weighted by molar-refractivity contribution is 5.92. The second-order valence-corrected chi connectivity index (χ2v) is 7.51. The van der Waals surface area contributed by atoms with Crippen LogP contribution in [0, 0.1) is 0 Å². The van der Waals surface area contributed by atoms with Crippen molar-refractivity contribution in [3.05, 3.63) is 62.7 Å². The fourth-order valence-electron chi connectivity index (χ4n) is 3.57. The number of rotatable bonds is 2. The van der Waals surface area contributed by atoms with Crippen molar-refractivity contribution < 1.29 is 9.59 Å². The SMILES string of the molecule is CC(=O)N1CCCN(C)CCN(C(=O)Cn2[nH]c(=O)ccc2=O)Cc2ccccc21. The van der Waals surface area contributed by atoms with Crippen LogP contribution in [0.4, 0.5) is 5.69 Å². The molecular weight excluding hydrogens is 386 g/mol. The summed E-state index contributed by atoms with van der Waals surface area (Å²) < 4.78 is 1.02. The van der Waals surface area contributed by atoms with Crippen LogP contribution in [0.15, 0.2) is 46.0 Å². The molecule has 0 aliphatic carbocycles. The molecule has 0 fully saturated rings. The number of likely N-dealkylation sites (N-methyl/N-ethyl adjacent to an activating group) is 1. The number of amides is 2. The van der Waals surface area contributed by atoms with E-state index in [0.29, 0.717) is 26.2 Å². The highest BCUT2D eigenvalue weighted by atomic mass is 16.2. The van der Waals surface area contributed by atoms with E-state index in [-0.39, 0.29) is 18.4 Å². The van der Waals surface area contributed by atoms with Crippen LogP contribution in [0.5, 0.6) is 0 Å². The van der Waals surface area contributed by atoms with Gasteiger partial charge < -0.3 is 14.7 Å². The van der Waals surface area contributed by atoms with E-state index < -0.39 is 11.1 Å². The lowest BCUT2D eigenvalue weighted by Crippen LogP contribution is -2.41. The van der Waals surface area contributed by atoms with Gasteiger partial charge in [0.15, 0.2) is 0 Å². The molecule has 1 aliphatic rings. The number of hydrogen-bond acceptors (Lipinski definition) is 5. The minimum Gasteiger partial charge on any atom is -0.335 e. The first-order valence-corrected chi connectivity index (χ1v) is 9.97. The molecular formula is C21H27N5O4. The quantitative estimate of drug-likeness (QED) is 0.761. The summed E-state index contributed by atoms with van der Waals surface area (Å²) in [5.74, 6) is -0.327. The van der Waals surface area contributed by atoms with Gasteiger partial charge in [-0.3, -0.25) is 24.3 Å². The zero-order valence-corrected chi connectivity index (χ0v) is 17.3. The molecule has 0 bridgehead atoms. The third kappa shape index (κ3) is 5.24. The molecule has 0 saturated carbocycles. The Morgan fingerprint density at radius 1 is 1.00 bits per heavy atom. The molecule has 1 N–H and O–H groups in total. The van der Waals surface area contributed by atoms with Crippen LogP contribution in [0.25, 0.3) is 0 Å². The zero-order valence-electron chi connectivity index (χ0n) is 17.3. The van der Waals surface area contributed by atoms with E-state index in [4.69, 9.17) is 0 Å². The molecule has 0 unspecified atom stereocenters. The number of para-hydroxylation sites is 1. The summed E-state index contributed by atoms with van der Waals surface area (Å²) >= 11 is 0. The molecule has 0 saturated heterocycles. The molecule has 0 atom stereocenters. The Labute approximate surface area is 174 Å². The third-order valence-corrected chi connectivity index (χ3v) is 5.23. The van der Waals surface area contributed by atoms with Crippen LogP contribution in [-0.4, -0.2) is 64.6 Å². The number of aromatic amines is 1. The summed E-state index contributed by atoms with van der Waals surface area (Å²) in [6.07, 6.45) is 0.818. The highest BCUT2D eigenvalue weighted by Crippen LogP contribution is 2.23. The van der Waals surface area contributed by atoms with Crippen molar-refractivity contribution in [3.8, 4) is 0 Å². The molecule has 0 spiro atoms. The third-order valence-electron chi connectivity index (χ3n) is 5.23. The highest BCUT2D eigenvalue weighted by Gasteiger charge is 2.22. The normalized spacial score (nSPS) is 15.9. The maximum absolute atomic E-state index is 13.1. The largest absolute Gasteiger partial charge is 0.335 e. The smallest absolute Gasteiger partial charge is 0.265 e. The van der Waals surface area contributed by atoms with E-state index in [0.717, 1.165) is 41.0 Å². The van der Waals surface area contributed by atoms with Crippen LogP contribution < -0.4 is 16.0 Å². The van der Waals surface area contributed by atoms with Crippen LogP contribution in [-0.2, 0) is 22.7 Å². The van der Waals surface area contributed by atoms with Crippen molar-refractivity contribution >= 4 is 17.5 Å². The lowest BCUT2D eigenvalue weighted by Gasteiger charge is -2.27. The van der Waals surface area contributed by atoms with Gasteiger partial charge in [0, 0.05) is 50.9 Å². The Morgan fingerprint density at radius 3 is 2.53 bits per heavy atom. The Balaban J connectivity index is 1.92. The summed E-state index contributed by atoms with van der Waals surface area (Å²) in [4.78, 5) is 54.4. The second kappa shape index (κ2) is 9.53. The van der Waals surface area contributed by atoms with Crippen LogP contribution in [0.3, 0.4) is 0 Å². The first kappa shape index (κ1) is 21.5. The number of carbonyl (C=O) groups excluding carboxylic acids is 2. The van der Waals surface area contributed by atoms with Crippen molar-refractivity contribution in [1.82, 2.24) is 19.6 Å². The molecule has 9 nitrogen and oxygen atoms in total. The van der Waals surface area contributed by atoms with E-state index in [2.05, 4.69) is 10.00 Å². The van der Waals surface area contributed by atoms with Gasteiger partial charge in [0.1, 0.15) is 6.54 Å². The van der Waals surface area contributed by atoms with E-state index in [9.17, 15) is 19.2 Å². The number of H-pyrrole nitrogens is 1. The topological polar surface area (TPSA) is 98.7 Å². The summed E-state index contributed by atoms with van der Waals surface area (Å²) in [5.41, 5.74) is 0.764. The van der Waals surface area contributed by atoms with Crippen molar-refractivity contribution in [1.29, 1.82) is 0 Å². The van der Waals surface area contributed by atoms with Crippen LogP contribution in [0.2, 0.25) is 0 Å². The summed E-state index contributed by atoms with van der Waals surface area (Å²) in [5, 5.41) is 2.39. The predicted octanol–water partition coefficient (Wildman–Crippen LogP) is 0.254. The van der Waals surface area contributed by atoms with E-state index in [1.54, 1.807) is 16.7 Å². The van der Waals surface area contributed by atoms with Gasteiger partial charge in [0.25, 0.3) is 11.1 Å². The average molecular weight is 413 g/mol. The molecule has 1 aromatic heterocycles. The second-order valence-electron chi connectivity index (χ2n) is 7.51. The zero-order chi connectivity index (χ0) is 21.7. The molecule has 9 heteroatoms. The standard InChI is InChI=1S/C21H27N5O4/c1-16(27)25-11-5-10-23(2)12-13-24(14-17-6-3-4-7-18(17)25)21(30)15-26-20(29)9-8-19(28)22-26/h3-4,6-9H,5,10-15H2,1-2H3,(H,22,28). The Hall–Kier alpha value is -3.20. The minimum atomic E-state index is -0.443. The van der Waals surface area contributed by atoms with Gasteiger partial charge in [-0.15, -0.1) is 0 Å². The van der Waals surface area contributed by atoms with Crippen molar-refractivity contribution in [2.75, 3.05) is 38.1 Å². The molecule has 3 rings (SSSR count). The number of benzene rings is 1. The number of fused-ring (bicyclic) bond motifs is 1. The Bertz CT molecular complexity index is 1030. The van der Waals surface area contributed by atoms with Gasteiger partial charge in [0.05, 0.1) is 0 Å². The van der Waals surface area contributed by atoms with E-state index >= 15 is 0 Å². The number of nitrogens with zero attached hydrogens (tertiary/aromatic N) is 4. The van der Waals surface area contributed by atoms with E-state index in [1.165, 1.54) is 0 Å². The molecule has 2 amide bonds. The maximum Gasteiger partial charge on any atom is 0.265 e. The average Bonchev–Trinajstić information content (AvgIpc) is 2.74. The minimum absolute atomic E-state index is 0.0457. The first-order chi connectivity index (χ1) is 14.3. The summed E-state index contributed by atoms with van der Waals surface area (Å²) in [6.45, 7) is 4.12. The van der Waals surface area contributed by atoms with Crippen molar-refractivity contribution in [2.45, 2.75) is 26.4 Å². The molecule has 0 radical (unpaired) electrons. The molecule has 2 aromatic rings.